The van der Waals surface area contributed by atoms with Crippen LogP contribution in [-0.4, -0.2) is 29.1 Å². The van der Waals surface area contributed by atoms with Crippen LogP contribution in [0, 0.1) is 12.3 Å². The van der Waals surface area contributed by atoms with Crippen molar-refractivity contribution in [3.63, 3.8) is 0 Å². The number of carbonyl (C=O) groups is 1. The van der Waals surface area contributed by atoms with Crippen LogP contribution in [0.3, 0.4) is 0 Å². The molecule has 0 aromatic carbocycles. The second-order valence-electron chi connectivity index (χ2n) is 5.03. The molecule has 4 heteroatoms. The Hall–Kier alpha value is -1.05. The van der Waals surface area contributed by atoms with E-state index in [4.69, 9.17) is 15.9 Å². The number of terminal acetylenes is 1. The van der Waals surface area contributed by atoms with Crippen molar-refractivity contribution in [3.8, 4) is 12.3 Å². The minimum atomic E-state index is -0.316. The van der Waals surface area contributed by atoms with Gasteiger partial charge in [0.05, 0.1) is 12.2 Å². The largest absolute Gasteiger partial charge is 0.459 e. The normalized spacial score (nSPS) is 27.6. The van der Waals surface area contributed by atoms with Crippen molar-refractivity contribution in [3.05, 3.63) is 24.3 Å². The van der Waals surface area contributed by atoms with Crippen molar-refractivity contribution >= 4 is 21.9 Å². The molecule has 116 valence electrons. The molecule has 1 heterocycles. The van der Waals surface area contributed by atoms with Crippen molar-refractivity contribution in [1.82, 2.24) is 0 Å². The standard InChI is InChI=1S/C17H23BrO3/c1-4-6-7-11-16(20-13(3)19)17-12-9-8-10-14(18)15(5-2)21-17/h1,6-9,14-17H,5,10-12H2,2-3H3/b7-6-,9-8?/t14-,15-,16-,17-/m1/s1. The van der Waals surface area contributed by atoms with Gasteiger partial charge in [-0.05, 0) is 25.3 Å². The molecule has 0 aromatic heterocycles. The van der Waals surface area contributed by atoms with Crippen LogP contribution in [0.15, 0.2) is 24.3 Å². The highest BCUT2D eigenvalue weighted by Gasteiger charge is 2.29. The predicted octanol–water partition coefficient (Wildman–Crippen LogP) is 3.77. The number of allylic oxidation sites excluding steroid dienone is 2. The Morgan fingerprint density at radius 1 is 1.57 bits per heavy atom. The molecular weight excluding hydrogens is 332 g/mol. The highest BCUT2D eigenvalue weighted by Crippen LogP contribution is 2.25. The maximum absolute atomic E-state index is 11.3. The highest BCUT2D eigenvalue weighted by molar-refractivity contribution is 9.09. The zero-order chi connectivity index (χ0) is 15.7. The SMILES string of the molecule is C#C/C=C\C[C@@H](OC(C)=O)[C@H]1CC=CC[C@@H](Br)[C@@H](CC)O1. The van der Waals surface area contributed by atoms with Crippen LogP contribution >= 0.6 is 15.9 Å². The van der Waals surface area contributed by atoms with Gasteiger partial charge >= 0.3 is 5.97 Å². The fourth-order valence-electron chi connectivity index (χ4n) is 2.32. The van der Waals surface area contributed by atoms with E-state index in [0.29, 0.717) is 6.42 Å². The third kappa shape index (κ3) is 6.50. The number of carbonyl (C=O) groups excluding carboxylic acids is 1. The molecule has 0 amide bonds. The van der Waals surface area contributed by atoms with Crippen molar-refractivity contribution < 1.29 is 14.3 Å². The van der Waals surface area contributed by atoms with E-state index in [2.05, 4.69) is 40.9 Å². The molecule has 0 N–H and O–H groups in total. The molecule has 3 nitrogen and oxygen atoms in total. The third-order valence-corrected chi connectivity index (χ3v) is 4.33. The molecule has 0 spiro atoms. The number of rotatable bonds is 5. The molecule has 0 saturated carbocycles. The minimum Gasteiger partial charge on any atom is -0.459 e. The van der Waals surface area contributed by atoms with Gasteiger partial charge in [-0.25, -0.2) is 0 Å². The minimum absolute atomic E-state index is 0.106. The maximum atomic E-state index is 11.3. The third-order valence-electron chi connectivity index (χ3n) is 3.37. The van der Waals surface area contributed by atoms with E-state index in [1.807, 2.05) is 6.08 Å². The quantitative estimate of drug-likeness (QED) is 0.326. The number of hydrogen-bond acceptors (Lipinski definition) is 3. The van der Waals surface area contributed by atoms with Gasteiger partial charge in [0.25, 0.3) is 0 Å². The lowest BCUT2D eigenvalue weighted by Crippen LogP contribution is -2.38. The van der Waals surface area contributed by atoms with Crippen molar-refractivity contribution in [1.29, 1.82) is 0 Å². The van der Waals surface area contributed by atoms with E-state index in [0.717, 1.165) is 19.3 Å². The molecule has 0 saturated heterocycles. The summed E-state index contributed by atoms with van der Waals surface area (Å²) in [6.45, 7) is 3.52. The van der Waals surface area contributed by atoms with Gasteiger partial charge in [-0.1, -0.05) is 47.0 Å². The van der Waals surface area contributed by atoms with Gasteiger partial charge in [-0.2, -0.15) is 0 Å². The van der Waals surface area contributed by atoms with Gasteiger partial charge < -0.3 is 9.47 Å². The summed E-state index contributed by atoms with van der Waals surface area (Å²) < 4.78 is 11.6. The average Bonchev–Trinajstić information content (AvgIpc) is 2.43. The molecule has 1 aliphatic heterocycles. The summed E-state index contributed by atoms with van der Waals surface area (Å²) in [6.07, 6.45) is 15.7. The second-order valence-corrected chi connectivity index (χ2v) is 6.21. The first-order valence-electron chi connectivity index (χ1n) is 7.31. The van der Waals surface area contributed by atoms with Crippen LogP contribution in [0.2, 0.25) is 0 Å². The lowest BCUT2D eigenvalue weighted by Gasteiger charge is -2.32. The van der Waals surface area contributed by atoms with Crippen molar-refractivity contribution in [2.24, 2.45) is 0 Å². The Bertz CT molecular complexity index is 422. The molecule has 0 bridgehead atoms. The molecule has 0 fully saturated rings. The summed E-state index contributed by atoms with van der Waals surface area (Å²) in [5.41, 5.74) is 0. The number of hydrogen-bond donors (Lipinski definition) is 0. The Labute approximate surface area is 135 Å². The first kappa shape index (κ1) is 18.0. The van der Waals surface area contributed by atoms with E-state index >= 15 is 0 Å². The summed E-state index contributed by atoms with van der Waals surface area (Å²) in [4.78, 5) is 11.6. The van der Waals surface area contributed by atoms with Gasteiger partial charge in [0.2, 0.25) is 0 Å². The Balaban J connectivity index is 2.83. The Kier molecular flexibility index (Phi) is 8.41. The first-order chi connectivity index (χ1) is 10.1. The van der Waals surface area contributed by atoms with Crippen molar-refractivity contribution in [2.45, 2.75) is 62.7 Å². The molecule has 1 aliphatic rings. The summed E-state index contributed by atoms with van der Waals surface area (Å²) in [5, 5.41) is 0. The number of ether oxygens (including phenoxy) is 2. The number of esters is 1. The van der Waals surface area contributed by atoms with Crippen LogP contribution in [0.1, 0.15) is 39.5 Å². The summed E-state index contributed by atoms with van der Waals surface area (Å²) in [7, 11) is 0. The van der Waals surface area contributed by atoms with E-state index in [1.165, 1.54) is 6.92 Å². The van der Waals surface area contributed by atoms with Gasteiger partial charge in [0, 0.05) is 18.2 Å². The molecule has 1 rings (SSSR count). The molecule has 0 radical (unpaired) electrons. The van der Waals surface area contributed by atoms with E-state index in [1.54, 1.807) is 6.08 Å². The van der Waals surface area contributed by atoms with Crippen LogP contribution in [0.4, 0.5) is 0 Å². The van der Waals surface area contributed by atoms with E-state index in [-0.39, 0.29) is 29.1 Å². The average molecular weight is 355 g/mol. The lowest BCUT2D eigenvalue weighted by atomic mass is 10.0. The lowest BCUT2D eigenvalue weighted by molar-refractivity contribution is -0.158. The monoisotopic (exact) mass is 354 g/mol. The first-order valence-corrected chi connectivity index (χ1v) is 8.22. The fraction of sp³-hybridized carbons (Fsp3) is 0.588. The second kappa shape index (κ2) is 9.81. The van der Waals surface area contributed by atoms with Crippen LogP contribution in [-0.2, 0) is 14.3 Å². The number of alkyl halides is 1. The summed E-state index contributed by atoms with van der Waals surface area (Å²) >= 11 is 3.67. The fourth-order valence-corrected chi connectivity index (χ4v) is 3.04. The number of halogens is 1. The smallest absolute Gasteiger partial charge is 0.303 e. The van der Waals surface area contributed by atoms with E-state index < -0.39 is 0 Å². The molecular formula is C17H23BrO3. The topological polar surface area (TPSA) is 35.5 Å². The molecule has 4 atom stereocenters. The zero-order valence-electron chi connectivity index (χ0n) is 12.6. The van der Waals surface area contributed by atoms with E-state index in [9.17, 15) is 4.79 Å². The van der Waals surface area contributed by atoms with Crippen LogP contribution in [0.5, 0.6) is 0 Å². The summed E-state index contributed by atoms with van der Waals surface area (Å²) in [6, 6.07) is 0. The van der Waals surface area contributed by atoms with Crippen LogP contribution in [0.25, 0.3) is 0 Å². The van der Waals surface area contributed by atoms with Crippen molar-refractivity contribution in [2.75, 3.05) is 0 Å². The van der Waals surface area contributed by atoms with Gasteiger partial charge in [0.1, 0.15) is 6.10 Å². The van der Waals surface area contributed by atoms with Gasteiger partial charge in [0.15, 0.2) is 0 Å². The molecule has 21 heavy (non-hydrogen) atoms. The Morgan fingerprint density at radius 3 is 2.90 bits per heavy atom. The zero-order valence-corrected chi connectivity index (χ0v) is 14.2. The predicted molar refractivity (Wildman–Crippen MR) is 88.2 cm³/mol. The van der Waals surface area contributed by atoms with Crippen LogP contribution < -0.4 is 0 Å². The molecule has 0 aromatic rings. The van der Waals surface area contributed by atoms with Gasteiger partial charge in [-0.3, -0.25) is 4.79 Å². The Morgan fingerprint density at radius 2 is 2.29 bits per heavy atom. The highest BCUT2D eigenvalue weighted by atomic mass is 79.9. The summed E-state index contributed by atoms with van der Waals surface area (Å²) in [5.74, 6) is 2.15. The maximum Gasteiger partial charge on any atom is 0.303 e. The molecule has 0 unspecified atom stereocenters. The molecule has 0 aliphatic carbocycles. The van der Waals surface area contributed by atoms with Gasteiger partial charge in [-0.15, -0.1) is 6.42 Å².